The van der Waals surface area contributed by atoms with Crippen LogP contribution in [0, 0.1) is 5.92 Å². The molecule has 0 aromatic carbocycles. The second kappa shape index (κ2) is 5.11. The van der Waals surface area contributed by atoms with Crippen LogP contribution in [0.25, 0.3) is 0 Å². The molecule has 0 aliphatic carbocycles. The number of hydrogen-bond acceptors (Lipinski definition) is 1. The van der Waals surface area contributed by atoms with E-state index in [1.54, 1.807) is 12.1 Å². The average molecular weight is 188 g/mol. The van der Waals surface area contributed by atoms with Gasteiger partial charge in [0.15, 0.2) is 0 Å². The fraction of sp³-hybridized carbons (Fsp3) is 1.00. The van der Waals surface area contributed by atoms with Crippen molar-refractivity contribution in [3.63, 3.8) is 0 Å². The number of hydrogen-bond donors (Lipinski definition) is 0. The molecule has 1 rings (SSSR count). The van der Waals surface area contributed by atoms with Gasteiger partial charge in [-0.25, -0.2) is 0 Å². The van der Waals surface area contributed by atoms with Crippen molar-refractivity contribution in [2.75, 3.05) is 6.61 Å². The van der Waals surface area contributed by atoms with E-state index in [9.17, 15) is 0 Å². The predicted molar refractivity (Wildman–Crippen MR) is 55.3 cm³/mol. The average Bonchev–Trinajstić information content (AvgIpc) is 2.03. The van der Waals surface area contributed by atoms with Gasteiger partial charge in [-0.1, -0.05) is 32.4 Å². The van der Waals surface area contributed by atoms with Crippen LogP contribution in [0.2, 0.25) is 12.1 Å². The van der Waals surface area contributed by atoms with Crippen molar-refractivity contribution in [3.05, 3.63) is 0 Å². The van der Waals surface area contributed by atoms with Gasteiger partial charge in [0, 0.05) is 6.61 Å². The molecule has 0 saturated carbocycles. The van der Waals surface area contributed by atoms with Crippen LogP contribution >= 0.6 is 0 Å². The minimum atomic E-state index is -0.266. The zero-order valence-electron chi connectivity index (χ0n) is 7.81. The second-order valence-corrected chi connectivity index (χ2v) is 12.1. The van der Waals surface area contributed by atoms with E-state index in [0.717, 1.165) is 12.5 Å². The monoisotopic (exact) mass is 188 g/mol. The van der Waals surface area contributed by atoms with Gasteiger partial charge in [-0.3, -0.25) is 0 Å². The van der Waals surface area contributed by atoms with Crippen LogP contribution in [0.15, 0.2) is 0 Å². The summed E-state index contributed by atoms with van der Waals surface area (Å²) in [7, 11) is -0.247. The minimum Gasteiger partial charge on any atom is -0.428 e. The summed E-state index contributed by atoms with van der Waals surface area (Å²) in [6, 6.07) is 3.17. The van der Waals surface area contributed by atoms with Gasteiger partial charge < -0.3 is 4.43 Å². The Hall–Kier alpha value is 0.394. The molecule has 0 aromatic heterocycles. The summed E-state index contributed by atoms with van der Waals surface area (Å²) in [6.07, 6.45) is 2.84. The maximum atomic E-state index is 5.61. The molecule has 1 fully saturated rings. The zero-order valence-corrected chi connectivity index (χ0v) is 10.4. The third kappa shape index (κ3) is 4.08. The Bertz CT molecular complexity index is 100. The van der Waals surface area contributed by atoms with Crippen molar-refractivity contribution in [2.45, 2.75) is 38.8 Å². The molecule has 0 aromatic rings. The van der Waals surface area contributed by atoms with Crippen molar-refractivity contribution in [1.82, 2.24) is 0 Å². The van der Waals surface area contributed by atoms with Crippen LogP contribution in [0.1, 0.15) is 26.7 Å². The topological polar surface area (TPSA) is 9.23 Å². The molecule has 1 heterocycles. The second-order valence-electron chi connectivity index (χ2n) is 4.05. The molecule has 3 heteroatoms. The van der Waals surface area contributed by atoms with Gasteiger partial charge in [-0.05, 0) is 12.3 Å². The van der Waals surface area contributed by atoms with Crippen LogP contribution in [0.4, 0.5) is 0 Å². The van der Waals surface area contributed by atoms with Gasteiger partial charge in [-0.2, -0.15) is 0 Å². The minimum absolute atomic E-state index is 0.0184. The van der Waals surface area contributed by atoms with Crippen LogP contribution in [-0.2, 0) is 4.43 Å². The molecule has 0 bridgehead atoms. The molecule has 1 aliphatic rings. The summed E-state index contributed by atoms with van der Waals surface area (Å²) in [4.78, 5) is 0. The highest BCUT2D eigenvalue weighted by molar-refractivity contribution is 7.10. The van der Waals surface area contributed by atoms with Crippen molar-refractivity contribution in [1.29, 1.82) is 0 Å². The Labute approximate surface area is 73.9 Å². The Morgan fingerprint density at radius 3 is 2.91 bits per heavy atom. The van der Waals surface area contributed by atoms with E-state index in [2.05, 4.69) is 13.8 Å². The normalized spacial score (nSPS) is 28.1. The molecule has 0 spiro atoms. The Morgan fingerprint density at radius 1 is 1.55 bits per heavy atom. The zero-order chi connectivity index (χ0) is 8.10. The smallest absolute Gasteiger partial charge is 0.147 e. The molecule has 1 saturated heterocycles. The van der Waals surface area contributed by atoms with E-state index in [1.165, 1.54) is 12.8 Å². The molecule has 1 aliphatic heterocycles. The van der Waals surface area contributed by atoms with Crippen LogP contribution in [0.5, 0.6) is 0 Å². The summed E-state index contributed by atoms with van der Waals surface area (Å²) < 4.78 is 5.61. The first kappa shape index (κ1) is 9.48. The molecule has 0 amide bonds. The van der Waals surface area contributed by atoms with Gasteiger partial charge in [0.05, 0.1) is 8.31 Å². The van der Waals surface area contributed by atoms with Crippen LogP contribution < -0.4 is 0 Å². The van der Waals surface area contributed by atoms with E-state index in [-0.39, 0.29) is 17.6 Å². The van der Waals surface area contributed by atoms with Crippen LogP contribution in [0.3, 0.4) is 0 Å². The lowest BCUT2D eigenvalue weighted by atomic mass is 10.2. The van der Waals surface area contributed by atoms with Gasteiger partial charge in [0.25, 0.3) is 0 Å². The molecule has 0 radical (unpaired) electrons. The first-order valence-electron chi connectivity index (χ1n) is 4.87. The first-order chi connectivity index (χ1) is 5.29. The van der Waals surface area contributed by atoms with Gasteiger partial charge in [0.1, 0.15) is 9.28 Å². The maximum absolute atomic E-state index is 5.61. The van der Waals surface area contributed by atoms with E-state index in [0.29, 0.717) is 0 Å². The quantitative estimate of drug-likeness (QED) is 0.606. The Morgan fingerprint density at radius 2 is 2.36 bits per heavy atom. The van der Waals surface area contributed by atoms with Crippen molar-refractivity contribution >= 4 is 17.6 Å². The fourth-order valence-corrected chi connectivity index (χ4v) is 8.89. The molecule has 0 N–H and O–H groups in total. The van der Waals surface area contributed by atoms with E-state index >= 15 is 0 Å². The predicted octanol–water partition coefficient (Wildman–Crippen LogP) is 1.26. The summed E-state index contributed by atoms with van der Waals surface area (Å²) in [6.45, 7) is 5.76. The Balaban J connectivity index is 2.05. The van der Waals surface area contributed by atoms with Crippen LogP contribution in [-0.4, -0.2) is 24.2 Å². The fourth-order valence-electron chi connectivity index (χ4n) is 1.60. The molecular formula is C8H20OSi2. The molecule has 1 nitrogen and oxygen atoms in total. The SMILES string of the molecule is CC(C)CC[SiH]1CCCO[SiH2]1. The van der Waals surface area contributed by atoms with Gasteiger partial charge >= 0.3 is 0 Å². The highest BCUT2D eigenvalue weighted by Crippen LogP contribution is 2.13. The lowest BCUT2D eigenvalue weighted by Crippen LogP contribution is -2.30. The number of rotatable bonds is 3. The van der Waals surface area contributed by atoms with Gasteiger partial charge in [0.2, 0.25) is 0 Å². The standard InChI is InChI=1S/C8H20OSi2/c1-8(2)4-7-11-6-3-5-9-10-11/h8,11H,3-7,10H2,1-2H3. The third-order valence-electron chi connectivity index (χ3n) is 2.41. The lowest BCUT2D eigenvalue weighted by Gasteiger charge is -2.20. The first-order valence-corrected chi connectivity index (χ1v) is 10.3. The molecule has 1 atom stereocenters. The maximum Gasteiger partial charge on any atom is 0.147 e. The van der Waals surface area contributed by atoms with Crippen molar-refractivity contribution < 1.29 is 4.43 Å². The summed E-state index contributed by atoms with van der Waals surface area (Å²) in [5.74, 6) is 0.915. The summed E-state index contributed by atoms with van der Waals surface area (Å²) in [5, 5.41) is 0. The molecule has 66 valence electrons. The van der Waals surface area contributed by atoms with Gasteiger partial charge in [-0.15, -0.1) is 0 Å². The van der Waals surface area contributed by atoms with E-state index < -0.39 is 0 Å². The third-order valence-corrected chi connectivity index (χ3v) is 10.3. The molecular weight excluding hydrogens is 168 g/mol. The van der Waals surface area contributed by atoms with Crippen molar-refractivity contribution in [3.8, 4) is 0 Å². The van der Waals surface area contributed by atoms with E-state index in [1.807, 2.05) is 0 Å². The largest absolute Gasteiger partial charge is 0.428 e. The highest BCUT2D eigenvalue weighted by Gasteiger charge is 2.15. The summed E-state index contributed by atoms with van der Waals surface area (Å²) in [5.41, 5.74) is 0. The highest BCUT2D eigenvalue weighted by atomic mass is 29.2. The Kier molecular flexibility index (Phi) is 4.41. The van der Waals surface area contributed by atoms with E-state index in [4.69, 9.17) is 4.43 Å². The summed E-state index contributed by atoms with van der Waals surface area (Å²) >= 11 is 0. The lowest BCUT2D eigenvalue weighted by molar-refractivity contribution is 0.335. The molecule has 11 heavy (non-hydrogen) atoms. The molecule has 1 unspecified atom stereocenters. The van der Waals surface area contributed by atoms with Crippen molar-refractivity contribution in [2.24, 2.45) is 5.92 Å².